The van der Waals surface area contributed by atoms with E-state index in [1.165, 1.54) is 22.7 Å². The molecule has 0 bridgehead atoms. The number of nitrogens with zero attached hydrogens (tertiary/aromatic N) is 2. The molecule has 2 aromatic heterocycles. The summed E-state index contributed by atoms with van der Waals surface area (Å²) in [5.74, 6) is 0.792. The molecule has 0 aliphatic carbocycles. The van der Waals surface area contributed by atoms with Crippen molar-refractivity contribution in [1.29, 1.82) is 0 Å². The summed E-state index contributed by atoms with van der Waals surface area (Å²) in [6.07, 6.45) is 1.29. The Kier molecular flexibility index (Phi) is 5.11. The van der Waals surface area contributed by atoms with Gasteiger partial charge in [0, 0.05) is 18.0 Å². The van der Waals surface area contributed by atoms with E-state index < -0.39 is 10.0 Å². The van der Waals surface area contributed by atoms with Gasteiger partial charge in [-0.3, -0.25) is 0 Å². The van der Waals surface area contributed by atoms with Crippen molar-refractivity contribution in [3.63, 3.8) is 0 Å². The molecule has 6 nitrogen and oxygen atoms in total. The second-order valence-electron chi connectivity index (χ2n) is 6.40. The molecule has 1 saturated heterocycles. The fraction of sp³-hybridized carbons (Fsp3) is 0.389. The third-order valence-electron chi connectivity index (χ3n) is 4.55. The Morgan fingerprint density at radius 1 is 1.15 bits per heavy atom. The summed E-state index contributed by atoms with van der Waals surface area (Å²) < 4.78 is 39.7. The van der Waals surface area contributed by atoms with Crippen molar-refractivity contribution < 1.29 is 17.9 Å². The molecule has 144 valence electrons. The van der Waals surface area contributed by atoms with Gasteiger partial charge in [0.1, 0.15) is 16.1 Å². The third-order valence-corrected chi connectivity index (χ3v) is 8.83. The number of thiophene rings is 1. The van der Waals surface area contributed by atoms with Gasteiger partial charge in [-0.1, -0.05) is 11.3 Å². The lowest BCUT2D eigenvalue weighted by molar-refractivity contribution is 0.135. The highest BCUT2D eigenvalue weighted by Crippen LogP contribution is 2.33. The number of aryl methyl sites for hydroxylation is 1. The fourth-order valence-electron chi connectivity index (χ4n) is 3.07. The lowest BCUT2D eigenvalue weighted by atomic mass is 10.1. The average Bonchev–Trinajstić information content (AvgIpc) is 3.27. The molecular formula is C18H20N2O4S3. The predicted molar refractivity (Wildman–Crippen MR) is 108 cm³/mol. The van der Waals surface area contributed by atoms with E-state index >= 15 is 0 Å². The minimum Gasteiger partial charge on any atom is -0.497 e. The van der Waals surface area contributed by atoms with E-state index in [2.05, 4.69) is 4.98 Å². The van der Waals surface area contributed by atoms with E-state index in [1.807, 2.05) is 31.2 Å². The Labute approximate surface area is 166 Å². The van der Waals surface area contributed by atoms with Gasteiger partial charge in [0.25, 0.3) is 15.2 Å². The van der Waals surface area contributed by atoms with Gasteiger partial charge in [-0.15, -0.1) is 11.3 Å². The maximum Gasteiger partial charge on any atom is 0.274 e. The summed E-state index contributed by atoms with van der Waals surface area (Å²) in [7, 11) is -1.76. The fourth-order valence-corrected chi connectivity index (χ4v) is 6.89. The van der Waals surface area contributed by atoms with Crippen molar-refractivity contribution in [1.82, 2.24) is 9.29 Å². The first-order chi connectivity index (χ1) is 13.0. The number of hydrogen-bond acceptors (Lipinski definition) is 7. The molecule has 0 saturated carbocycles. The maximum atomic E-state index is 12.7. The van der Waals surface area contributed by atoms with Gasteiger partial charge in [0.15, 0.2) is 0 Å². The van der Waals surface area contributed by atoms with Crippen molar-refractivity contribution in [3.8, 4) is 10.9 Å². The highest BCUT2D eigenvalue weighted by molar-refractivity contribution is 7.91. The maximum absolute atomic E-state index is 12.7. The summed E-state index contributed by atoms with van der Waals surface area (Å²) in [6.45, 7) is 2.84. The van der Waals surface area contributed by atoms with Crippen LogP contribution in [-0.2, 0) is 10.0 Å². The van der Waals surface area contributed by atoms with Crippen LogP contribution < -0.4 is 9.47 Å². The smallest absolute Gasteiger partial charge is 0.274 e. The second kappa shape index (κ2) is 7.38. The second-order valence-corrected chi connectivity index (χ2v) is 10.8. The first kappa shape index (κ1) is 18.7. The van der Waals surface area contributed by atoms with Crippen LogP contribution in [0, 0.1) is 6.92 Å². The summed E-state index contributed by atoms with van der Waals surface area (Å²) in [5.41, 5.74) is 0.879. The van der Waals surface area contributed by atoms with Crippen LogP contribution in [0.4, 0.5) is 0 Å². The van der Waals surface area contributed by atoms with Crippen LogP contribution in [0.2, 0.25) is 0 Å². The van der Waals surface area contributed by atoms with Crippen molar-refractivity contribution in [2.45, 2.75) is 30.1 Å². The number of methoxy groups -OCH3 is 1. The number of piperidine rings is 1. The number of aromatic nitrogens is 1. The molecule has 0 amide bonds. The summed E-state index contributed by atoms with van der Waals surface area (Å²) >= 11 is 2.80. The zero-order valence-electron chi connectivity index (χ0n) is 15.0. The molecule has 1 aliphatic heterocycles. The van der Waals surface area contributed by atoms with Gasteiger partial charge in [0.2, 0.25) is 0 Å². The standard InChI is InChI=1S/C18H20N2O4S3/c1-12-3-6-17(25-12)27(21,22)20-9-7-13(8-10-20)24-18-19-15-5-4-14(23-2)11-16(15)26-18/h3-6,11,13H,7-10H2,1-2H3. The summed E-state index contributed by atoms with van der Waals surface area (Å²) in [6, 6.07) is 9.26. The molecule has 9 heteroatoms. The zero-order valence-corrected chi connectivity index (χ0v) is 17.5. The molecule has 0 radical (unpaired) electrons. The molecule has 0 unspecified atom stereocenters. The van der Waals surface area contributed by atoms with E-state index in [0.29, 0.717) is 35.3 Å². The molecule has 1 fully saturated rings. The van der Waals surface area contributed by atoms with Crippen LogP contribution in [0.3, 0.4) is 0 Å². The van der Waals surface area contributed by atoms with Crippen molar-refractivity contribution >= 4 is 42.9 Å². The number of fused-ring (bicyclic) bond motifs is 1. The normalized spacial score (nSPS) is 16.7. The largest absolute Gasteiger partial charge is 0.497 e. The van der Waals surface area contributed by atoms with Gasteiger partial charge in [0.05, 0.1) is 17.3 Å². The van der Waals surface area contributed by atoms with Gasteiger partial charge < -0.3 is 9.47 Å². The minimum absolute atomic E-state index is 0.0241. The van der Waals surface area contributed by atoms with Crippen LogP contribution in [0.15, 0.2) is 34.5 Å². The molecule has 27 heavy (non-hydrogen) atoms. The zero-order chi connectivity index (χ0) is 19.0. The van der Waals surface area contributed by atoms with Crippen LogP contribution in [0.5, 0.6) is 10.9 Å². The van der Waals surface area contributed by atoms with E-state index in [-0.39, 0.29) is 6.10 Å². The van der Waals surface area contributed by atoms with Crippen LogP contribution in [-0.4, -0.2) is 44.0 Å². The van der Waals surface area contributed by atoms with Crippen molar-refractivity contribution in [2.24, 2.45) is 0 Å². The van der Waals surface area contributed by atoms with E-state index in [1.54, 1.807) is 17.5 Å². The van der Waals surface area contributed by atoms with E-state index in [0.717, 1.165) is 20.8 Å². The Balaban J connectivity index is 1.41. The average molecular weight is 425 g/mol. The molecule has 3 heterocycles. The quantitative estimate of drug-likeness (QED) is 0.621. The summed E-state index contributed by atoms with van der Waals surface area (Å²) in [5, 5.41) is 0.619. The molecule has 1 aliphatic rings. The monoisotopic (exact) mass is 424 g/mol. The Bertz CT molecular complexity index is 1050. The van der Waals surface area contributed by atoms with Gasteiger partial charge >= 0.3 is 0 Å². The van der Waals surface area contributed by atoms with Crippen molar-refractivity contribution in [2.75, 3.05) is 20.2 Å². The van der Waals surface area contributed by atoms with Crippen LogP contribution in [0.25, 0.3) is 10.2 Å². The SMILES string of the molecule is COc1ccc2nc(OC3CCN(S(=O)(=O)c4ccc(C)s4)CC3)sc2c1. The van der Waals surface area contributed by atoms with Gasteiger partial charge in [-0.25, -0.2) is 13.4 Å². The van der Waals surface area contributed by atoms with Gasteiger partial charge in [-0.05, 0) is 50.1 Å². The Hall–Kier alpha value is -1.68. The number of benzene rings is 1. The van der Waals surface area contributed by atoms with E-state index in [9.17, 15) is 8.42 Å². The van der Waals surface area contributed by atoms with Crippen LogP contribution >= 0.6 is 22.7 Å². The Morgan fingerprint density at radius 3 is 2.59 bits per heavy atom. The van der Waals surface area contributed by atoms with E-state index in [4.69, 9.17) is 9.47 Å². The molecule has 0 atom stereocenters. The first-order valence-corrected chi connectivity index (χ1v) is 11.7. The molecule has 0 spiro atoms. The minimum atomic E-state index is -3.40. The first-order valence-electron chi connectivity index (χ1n) is 8.63. The lowest BCUT2D eigenvalue weighted by Crippen LogP contribution is -2.41. The lowest BCUT2D eigenvalue weighted by Gasteiger charge is -2.30. The number of hydrogen-bond donors (Lipinski definition) is 0. The molecule has 0 N–H and O–H groups in total. The predicted octanol–water partition coefficient (Wildman–Crippen LogP) is 3.91. The highest BCUT2D eigenvalue weighted by Gasteiger charge is 2.31. The number of rotatable bonds is 5. The number of thiazole rings is 1. The number of sulfonamides is 1. The van der Waals surface area contributed by atoms with Gasteiger partial charge in [-0.2, -0.15) is 4.31 Å². The third kappa shape index (κ3) is 3.82. The summed E-state index contributed by atoms with van der Waals surface area (Å²) in [4.78, 5) is 5.51. The highest BCUT2D eigenvalue weighted by atomic mass is 32.2. The number of ether oxygens (including phenoxy) is 2. The van der Waals surface area contributed by atoms with Crippen molar-refractivity contribution in [3.05, 3.63) is 35.2 Å². The van der Waals surface area contributed by atoms with Crippen LogP contribution in [0.1, 0.15) is 17.7 Å². The topological polar surface area (TPSA) is 68.7 Å². The molecule has 4 rings (SSSR count). The Morgan fingerprint density at radius 2 is 1.93 bits per heavy atom. The molecular weight excluding hydrogens is 404 g/mol. The molecule has 3 aromatic rings. The molecule has 1 aromatic carbocycles.